The average Bonchev–Trinajstić information content (AvgIpc) is 3.14. The second-order valence-corrected chi connectivity index (χ2v) is 6.96. The minimum absolute atomic E-state index is 0.0564. The Hall–Kier alpha value is -3.01. The molecule has 28 heavy (non-hydrogen) atoms. The first-order chi connectivity index (χ1) is 13.3. The van der Waals surface area contributed by atoms with Gasteiger partial charge >= 0.3 is 6.18 Å². The van der Waals surface area contributed by atoms with Crippen LogP contribution in [0.5, 0.6) is 5.75 Å². The minimum Gasteiger partial charge on any atom is -0.508 e. The van der Waals surface area contributed by atoms with Crippen molar-refractivity contribution in [2.75, 3.05) is 0 Å². The van der Waals surface area contributed by atoms with Gasteiger partial charge in [0.25, 0.3) is 5.91 Å². The highest BCUT2D eigenvalue weighted by Gasteiger charge is 2.34. The number of nitrogens with one attached hydrogen (secondary N) is 1. The van der Waals surface area contributed by atoms with Gasteiger partial charge in [0.05, 0.1) is 0 Å². The summed E-state index contributed by atoms with van der Waals surface area (Å²) in [5.41, 5.74) is 1.12. The molecule has 0 fully saturated rings. The van der Waals surface area contributed by atoms with E-state index < -0.39 is 17.9 Å². The van der Waals surface area contributed by atoms with Crippen LogP contribution in [0, 0.1) is 0 Å². The van der Waals surface area contributed by atoms with Crippen molar-refractivity contribution in [3.05, 3.63) is 58.6 Å². The zero-order valence-electron chi connectivity index (χ0n) is 14.6. The van der Waals surface area contributed by atoms with Gasteiger partial charge in [0.1, 0.15) is 10.8 Å². The summed E-state index contributed by atoms with van der Waals surface area (Å²) in [6, 6.07) is 4.41. The van der Waals surface area contributed by atoms with Crippen LogP contribution in [0.2, 0.25) is 0 Å². The normalized spacial score (nSPS) is 11.4. The number of phenolic OH excluding ortho intramolecular Hbond substituents is 1. The van der Waals surface area contributed by atoms with Gasteiger partial charge in [-0.25, -0.2) is 15.0 Å². The number of amides is 1. The standard InChI is InChI=1S/C18H15F3N4O2S/c1-2-14-9-23-16(28-14)12-3-11(4-13(26)5-12)15(27)22-6-10-7-24-17(25-8-10)18(19,20)21/h3-5,7-9,26H,2,6H2,1H3,(H,22,27). The van der Waals surface area contributed by atoms with Gasteiger partial charge in [-0.15, -0.1) is 11.3 Å². The quantitative estimate of drug-likeness (QED) is 0.670. The maximum absolute atomic E-state index is 12.5. The third-order valence-electron chi connectivity index (χ3n) is 3.74. The number of hydrogen-bond acceptors (Lipinski definition) is 6. The summed E-state index contributed by atoms with van der Waals surface area (Å²) in [7, 11) is 0. The van der Waals surface area contributed by atoms with Gasteiger partial charge in [0.15, 0.2) is 0 Å². The lowest BCUT2D eigenvalue weighted by Gasteiger charge is -2.08. The van der Waals surface area contributed by atoms with Crippen LogP contribution in [0.4, 0.5) is 13.2 Å². The number of hydrogen-bond donors (Lipinski definition) is 2. The molecular formula is C18H15F3N4O2S. The van der Waals surface area contributed by atoms with E-state index in [0.29, 0.717) is 16.1 Å². The predicted octanol–water partition coefficient (Wildman–Crippen LogP) is 3.82. The van der Waals surface area contributed by atoms with Crippen molar-refractivity contribution < 1.29 is 23.1 Å². The van der Waals surface area contributed by atoms with Crippen LogP contribution >= 0.6 is 11.3 Å². The molecule has 2 N–H and O–H groups in total. The molecule has 1 aromatic carbocycles. The molecule has 0 atom stereocenters. The Kier molecular flexibility index (Phi) is 5.59. The van der Waals surface area contributed by atoms with Crippen molar-refractivity contribution in [2.24, 2.45) is 0 Å². The molecule has 2 heterocycles. The van der Waals surface area contributed by atoms with Crippen LogP contribution in [-0.4, -0.2) is 26.0 Å². The molecule has 3 aromatic rings. The molecule has 146 valence electrons. The largest absolute Gasteiger partial charge is 0.508 e. The van der Waals surface area contributed by atoms with E-state index in [-0.39, 0.29) is 17.9 Å². The number of phenols is 1. The summed E-state index contributed by atoms with van der Waals surface area (Å²) in [5.74, 6) is -1.83. The van der Waals surface area contributed by atoms with Crippen LogP contribution in [0.3, 0.4) is 0 Å². The van der Waals surface area contributed by atoms with Gasteiger partial charge in [-0.3, -0.25) is 4.79 Å². The molecule has 6 nitrogen and oxygen atoms in total. The van der Waals surface area contributed by atoms with E-state index in [0.717, 1.165) is 23.7 Å². The summed E-state index contributed by atoms with van der Waals surface area (Å²) >= 11 is 1.47. The fourth-order valence-corrected chi connectivity index (χ4v) is 3.19. The molecule has 1 amide bonds. The molecule has 0 saturated heterocycles. The molecule has 0 aliphatic carbocycles. The molecule has 0 radical (unpaired) electrons. The maximum Gasteiger partial charge on any atom is 0.451 e. The number of rotatable bonds is 5. The zero-order chi connectivity index (χ0) is 20.3. The molecule has 2 aromatic heterocycles. The van der Waals surface area contributed by atoms with E-state index in [9.17, 15) is 23.1 Å². The molecule has 0 aliphatic rings. The van der Waals surface area contributed by atoms with Gasteiger partial charge in [-0.2, -0.15) is 13.2 Å². The number of carbonyl (C=O) groups is 1. The monoisotopic (exact) mass is 408 g/mol. The smallest absolute Gasteiger partial charge is 0.451 e. The number of nitrogens with zero attached hydrogens (tertiary/aromatic N) is 3. The van der Waals surface area contributed by atoms with Crippen molar-refractivity contribution in [1.29, 1.82) is 0 Å². The average molecular weight is 408 g/mol. The first-order valence-electron chi connectivity index (χ1n) is 8.21. The topological polar surface area (TPSA) is 88.0 Å². The Morgan fingerprint density at radius 1 is 1.14 bits per heavy atom. The highest BCUT2D eigenvalue weighted by Crippen LogP contribution is 2.29. The highest BCUT2D eigenvalue weighted by molar-refractivity contribution is 7.15. The van der Waals surface area contributed by atoms with Crippen LogP contribution in [0.15, 0.2) is 36.8 Å². The molecule has 0 spiro atoms. The Balaban J connectivity index is 1.72. The third kappa shape index (κ3) is 4.63. The number of halogens is 3. The second-order valence-electron chi connectivity index (χ2n) is 5.85. The van der Waals surface area contributed by atoms with E-state index >= 15 is 0 Å². The van der Waals surface area contributed by atoms with Crippen LogP contribution < -0.4 is 5.32 Å². The highest BCUT2D eigenvalue weighted by atomic mass is 32.1. The summed E-state index contributed by atoms with van der Waals surface area (Å²) in [6.45, 7) is 1.95. The van der Waals surface area contributed by atoms with Crippen LogP contribution in [0.25, 0.3) is 10.6 Å². The Morgan fingerprint density at radius 3 is 2.46 bits per heavy atom. The number of aryl methyl sites for hydroxylation is 1. The summed E-state index contributed by atoms with van der Waals surface area (Å²) in [6.07, 6.45) is -0.0294. The Morgan fingerprint density at radius 2 is 1.86 bits per heavy atom. The molecule has 0 aliphatic heterocycles. The number of carbonyl (C=O) groups excluding carboxylic acids is 1. The van der Waals surface area contributed by atoms with Crippen LogP contribution in [-0.2, 0) is 19.1 Å². The number of benzene rings is 1. The van der Waals surface area contributed by atoms with Gasteiger partial charge < -0.3 is 10.4 Å². The van der Waals surface area contributed by atoms with E-state index in [4.69, 9.17) is 0 Å². The van der Waals surface area contributed by atoms with Crippen molar-refractivity contribution >= 4 is 17.2 Å². The van der Waals surface area contributed by atoms with Crippen LogP contribution in [0.1, 0.15) is 33.5 Å². The number of aromatic hydroxyl groups is 1. The lowest BCUT2D eigenvalue weighted by molar-refractivity contribution is -0.145. The Labute approximate surface area is 162 Å². The van der Waals surface area contributed by atoms with Crippen molar-refractivity contribution in [1.82, 2.24) is 20.3 Å². The maximum atomic E-state index is 12.5. The summed E-state index contributed by atoms with van der Waals surface area (Å²) < 4.78 is 37.4. The lowest BCUT2D eigenvalue weighted by atomic mass is 10.1. The van der Waals surface area contributed by atoms with Gasteiger partial charge in [0, 0.05) is 46.7 Å². The van der Waals surface area contributed by atoms with Crippen molar-refractivity contribution in [2.45, 2.75) is 26.1 Å². The van der Waals surface area contributed by atoms with Crippen molar-refractivity contribution in [3.8, 4) is 16.3 Å². The molecule has 0 unspecified atom stereocenters. The van der Waals surface area contributed by atoms with Gasteiger partial charge in [0.2, 0.25) is 5.82 Å². The zero-order valence-corrected chi connectivity index (χ0v) is 15.4. The van der Waals surface area contributed by atoms with E-state index in [1.807, 2.05) is 6.92 Å². The van der Waals surface area contributed by atoms with Crippen molar-refractivity contribution in [3.63, 3.8) is 0 Å². The third-order valence-corrected chi connectivity index (χ3v) is 4.93. The van der Waals surface area contributed by atoms with Gasteiger partial charge in [-0.05, 0) is 24.6 Å². The Bertz CT molecular complexity index is 987. The SMILES string of the molecule is CCc1cnc(-c2cc(O)cc(C(=O)NCc3cnc(C(F)(F)F)nc3)c2)s1. The summed E-state index contributed by atoms with van der Waals surface area (Å²) in [4.78, 5) is 24.2. The van der Waals surface area contributed by atoms with E-state index in [1.54, 1.807) is 12.3 Å². The first-order valence-corrected chi connectivity index (χ1v) is 9.03. The summed E-state index contributed by atoms with van der Waals surface area (Å²) in [5, 5.41) is 13.2. The lowest BCUT2D eigenvalue weighted by Crippen LogP contribution is -2.23. The fourth-order valence-electron chi connectivity index (χ4n) is 2.35. The predicted molar refractivity (Wildman–Crippen MR) is 96.8 cm³/mol. The number of aromatic nitrogens is 3. The number of thiazole rings is 1. The second kappa shape index (κ2) is 7.93. The molecule has 3 rings (SSSR count). The fraction of sp³-hybridized carbons (Fsp3) is 0.222. The number of alkyl halides is 3. The molecular weight excluding hydrogens is 393 g/mol. The first kappa shape index (κ1) is 19.7. The molecule has 0 bridgehead atoms. The molecule has 0 saturated carbocycles. The minimum atomic E-state index is -4.62. The van der Waals surface area contributed by atoms with Gasteiger partial charge in [-0.1, -0.05) is 6.92 Å². The van der Waals surface area contributed by atoms with E-state index in [1.165, 1.54) is 23.5 Å². The molecule has 10 heteroatoms. The van der Waals surface area contributed by atoms with E-state index in [2.05, 4.69) is 20.3 Å².